The SMILES string of the molecule is CCc1cc(C(=O)OC)c(NC(=O)c2c(-c3ccccc3Cl)noc2C)s1. The highest BCUT2D eigenvalue weighted by molar-refractivity contribution is 7.16. The van der Waals surface area contributed by atoms with Gasteiger partial charge in [0.15, 0.2) is 0 Å². The Morgan fingerprint density at radius 2 is 2.07 bits per heavy atom. The molecule has 0 unspecified atom stereocenters. The number of carbonyl (C=O) groups is 2. The van der Waals surface area contributed by atoms with E-state index >= 15 is 0 Å². The number of benzene rings is 1. The molecule has 1 amide bonds. The van der Waals surface area contributed by atoms with Crippen LogP contribution in [0.4, 0.5) is 5.00 Å². The zero-order valence-corrected chi connectivity index (χ0v) is 16.5. The third-order valence-electron chi connectivity index (χ3n) is 3.98. The summed E-state index contributed by atoms with van der Waals surface area (Å²) in [6.07, 6.45) is 0.738. The highest BCUT2D eigenvalue weighted by Crippen LogP contribution is 2.33. The van der Waals surface area contributed by atoms with E-state index in [0.29, 0.717) is 32.6 Å². The molecule has 0 atom stereocenters. The van der Waals surface area contributed by atoms with Crippen molar-refractivity contribution >= 4 is 39.8 Å². The van der Waals surface area contributed by atoms with Crippen LogP contribution in [0.25, 0.3) is 11.3 Å². The molecule has 0 aliphatic carbocycles. The second kappa shape index (κ2) is 7.94. The number of aryl methyl sites for hydroxylation is 2. The number of nitrogens with zero attached hydrogens (tertiary/aromatic N) is 1. The molecule has 3 aromatic rings. The number of thiophene rings is 1. The van der Waals surface area contributed by atoms with Crippen molar-refractivity contribution in [3.05, 3.63) is 57.1 Å². The van der Waals surface area contributed by atoms with E-state index in [1.165, 1.54) is 18.4 Å². The Morgan fingerprint density at radius 1 is 1.33 bits per heavy atom. The van der Waals surface area contributed by atoms with Gasteiger partial charge in [-0.3, -0.25) is 4.79 Å². The van der Waals surface area contributed by atoms with Crippen LogP contribution in [-0.2, 0) is 11.2 Å². The number of rotatable bonds is 5. The third kappa shape index (κ3) is 3.74. The van der Waals surface area contributed by atoms with Gasteiger partial charge in [0.05, 0.1) is 17.7 Å². The molecule has 0 aliphatic heterocycles. The first-order valence-corrected chi connectivity index (χ1v) is 9.39. The van der Waals surface area contributed by atoms with Gasteiger partial charge in [-0.05, 0) is 25.5 Å². The van der Waals surface area contributed by atoms with Crippen LogP contribution >= 0.6 is 22.9 Å². The molecule has 0 saturated carbocycles. The van der Waals surface area contributed by atoms with Gasteiger partial charge < -0.3 is 14.6 Å². The maximum atomic E-state index is 13.0. The standard InChI is InChI=1S/C19H17ClN2O4S/c1-4-11-9-13(19(24)25-3)18(27-11)21-17(23)15-10(2)26-22-16(15)12-7-5-6-8-14(12)20/h5-9H,4H2,1-3H3,(H,21,23). The number of methoxy groups -OCH3 is 1. The van der Waals surface area contributed by atoms with Gasteiger partial charge in [0.1, 0.15) is 22.0 Å². The molecule has 3 rings (SSSR count). The van der Waals surface area contributed by atoms with E-state index in [1.807, 2.05) is 6.92 Å². The highest BCUT2D eigenvalue weighted by atomic mass is 35.5. The van der Waals surface area contributed by atoms with Crippen LogP contribution in [0.2, 0.25) is 5.02 Å². The molecule has 140 valence electrons. The van der Waals surface area contributed by atoms with Crippen molar-refractivity contribution in [1.29, 1.82) is 0 Å². The largest absolute Gasteiger partial charge is 0.465 e. The number of hydrogen-bond acceptors (Lipinski definition) is 6. The number of anilines is 1. The summed E-state index contributed by atoms with van der Waals surface area (Å²) in [5, 5.41) is 7.67. The number of aromatic nitrogens is 1. The van der Waals surface area contributed by atoms with Crippen molar-refractivity contribution in [2.75, 3.05) is 12.4 Å². The van der Waals surface area contributed by atoms with Gasteiger partial charge >= 0.3 is 5.97 Å². The molecular formula is C19H17ClN2O4S. The minimum absolute atomic E-state index is 0.269. The van der Waals surface area contributed by atoms with Gasteiger partial charge in [0.2, 0.25) is 0 Å². The van der Waals surface area contributed by atoms with Crippen molar-refractivity contribution in [2.45, 2.75) is 20.3 Å². The number of nitrogens with one attached hydrogen (secondary N) is 1. The number of carbonyl (C=O) groups excluding carboxylic acids is 2. The molecular weight excluding hydrogens is 388 g/mol. The van der Waals surface area contributed by atoms with E-state index in [0.717, 1.165) is 11.3 Å². The summed E-state index contributed by atoms with van der Waals surface area (Å²) < 4.78 is 10.0. The third-order valence-corrected chi connectivity index (χ3v) is 5.51. The van der Waals surface area contributed by atoms with Gasteiger partial charge in [-0.25, -0.2) is 4.79 Å². The van der Waals surface area contributed by atoms with Gasteiger partial charge in [0, 0.05) is 10.4 Å². The highest BCUT2D eigenvalue weighted by Gasteiger charge is 2.25. The molecule has 0 saturated heterocycles. The molecule has 2 aromatic heterocycles. The van der Waals surface area contributed by atoms with Gasteiger partial charge in [-0.15, -0.1) is 11.3 Å². The topological polar surface area (TPSA) is 81.4 Å². The maximum Gasteiger partial charge on any atom is 0.340 e. The Morgan fingerprint density at radius 3 is 2.74 bits per heavy atom. The van der Waals surface area contributed by atoms with Crippen LogP contribution in [0.15, 0.2) is 34.9 Å². The maximum absolute atomic E-state index is 13.0. The lowest BCUT2D eigenvalue weighted by molar-refractivity contribution is 0.0602. The Balaban J connectivity index is 1.99. The van der Waals surface area contributed by atoms with Crippen molar-refractivity contribution in [2.24, 2.45) is 0 Å². The summed E-state index contributed by atoms with van der Waals surface area (Å²) in [5.74, 6) is -0.581. The molecule has 0 bridgehead atoms. The lowest BCUT2D eigenvalue weighted by atomic mass is 10.1. The van der Waals surface area contributed by atoms with Gasteiger partial charge in [-0.1, -0.05) is 41.9 Å². The predicted molar refractivity (Wildman–Crippen MR) is 105 cm³/mol. The van der Waals surface area contributed by atoms with Crippen LogP contribution in [0, 0.1) is 6.92 Å². The van der Waals surface area contributed by atoms with E-state index < -0.39 is 11.9 Å². The molecule has 6 nitrogen and oxygen atoms in total. The van der Waals surface area contributed by atoms with Crippen molar-refractivity contribution in [3.8, 4) is 11.3 Å². The molecule has 2 heterocycles. The molecule has 1 N–H and O–H groups in total. The molecule has 1 aromatic carbocycles. The first-order valence-electron chi connectivity index (χ1n) is 8.19. The van der Waals surface area contributed by atoms with Gasteiger partial charge in [0.25, 0.3) is 5.91 Å². The van der Waals surface area contributed by atoms with Crippen LogP contribution in [0.5, 0.6) is 0 Å². The number of esters is 1. The average molecular weight is 405 g/mol. The molecule has 0 aliphatic rings. The number of hydrogen-bond donors (Lipinski definition) is 1. The summed E-state index contributed by atoms with van der Waals surface area (Å²) in [6, 6.07) is 8.79. The zero-order valence-electron chi connectivity index (χ0n) is 15.0. The zero-order chi connectivity index (χ0) is 19.6. The van der Waals surface area contributed by atoms with E-state index in [1.54, 1.807) is 37.3 Å². The number of amides is 1. The quantitative estimate of drug-likeness (QED) is 0.607. The summed E-state index contributed by atoms with van der Waals surface area (Å²) in [7, 11) is 1.30. The Hall–Kier alpha value is -2.64. The van der Waals surface area contributed by atoms with Crippen molar-refractivity contribution in [1.82, 2.24) is 5.16 Å². The molecule has 8 heteroatoms. The number of ether oxygens (including phenoxy) is 1. The fraction of sp³-hybridized carbons (Fsp3) is 0.211. The Bertz CT molecular complexity index is 1010. The van der Waals surface area contributed by atoms with Crippen LogP contribution < -0.4 is 5.32 Å². The summed E-state index contributed by atoms with van der Waals surface area (Å²) in [6.45, 7) is 3.62. The van der Waals surface area contributed by atoms with Gasteiger partial charge in [-0.2, -0.15) is 0 Å². The summed E-state index contributed by atoms with van der Waals surface area (Å²) in [5.41, 5.74) is 1.53. The molecule has 0 fully saturated rings. The fourth-order valence-electron chi connectivity index (χ4n) is 2.61. The summed E-state index contributed by atoms with van der Waals surface area (Å²) >= 11 is 7.57. The predicted octanol–water partition coefficient (Wildman–Crippen LogP) is 4.97. The number of halogens is 1. The van der Waals surface area contributed by atoms with Crippen molar-refractivity contribution in [3.63, 3.8) is 0 Å². The van der Waals surface area contributed by atoms with E-state index in [4.69, 9.17) is 20.9 Å². The van der Waals surface area contributed by atoms with Crippen LogP contribution in [-0.4, -0.2) is 24.1 Å². The first-order chi connectivity index (χ1) is 13.0. The van der Waals surface area contributed by atoms with Crippen LogP contribution in [0.1, 0.15) is 38.3 Å². The molecule has 0 radical (unpaired) electrons. The van der Waals surface area contributed by atoms with Crippen molar-refractivity contribution < 1.29 is 18.8 Å². The van der Waals surface area contributed by atoms with E-state index in [9.17, 15) is 9.59 Å². The normalized spacial score (nSPS) is 10.7. The van der Waals surface area contributed by atoms with E-state index in [2.05, 4.69) is 10.5 Å². The molecule has 27 heavy (non-hydrogen) atoms. The lowest BCUT2D eigenvalue weighted by Crippen LogP contribution is -2.15. The molecule has 0 spiro atoms. The Labute approximate surface area is 165 Å². The van der Waals surface area contributed by atoms with E-state index in [-0.39, 0.29) is 5.56 Å². The lowest BCUT2D eigenvalue weighted by Gasteiger charge is -2.07. The summed E-state index contributed by atoms with van der Waals surface area (Å²) in [4.78, 5) is 25.9. The second-order valence-corrected chi connectivity index (χ2v) is 7.24. The smallest absolute Gasteiger partial charge is 0.340 e. The second-order valence-electron chi connectivity index (χ2n) is 5.70. The Kier molecular flexibility index (Phi) is 5.62. The minimum Gasteiger partial charge on any atom is -0.465 e. The monoisotopic (exact) mass is 404 g/mol. The average Bonchev–Trinajstić information content (AvgIpc) is 3.24. The van der Waals surface area contributed by atoms with Crippen LogP contribution in [0.3, 0.4) is 0 Å². The first kappa shape index (κ1) is 19.1. The fourth-order valence-corrected chi connectivity index (χ4v) is 3.82. The minimum atomic E-state index is -0.505.